The highest BCUT2D eigenvalue weighted by Crippen LogP contribution is 2.45. The molecule has 4 nitrogen and oxygen atoms in total. The SMILES string of the molecule is COc1cc(Br)cc(/C=N\NC(F)(F)C(F)(F)C(F)(F)F)c1OCc1cccc(Cl)c1. The summed E-state index contributed by atoms with van der Waals surface area (Å²) >= 11 is 9.02. The molecule has 0 aromatic heterocycles. The Morgan fingerprint density at radius 3 is 2.35 bits per heavy atom. The highest BCUT2D eigenvalue weighted by molar-refractivity contribution is 9.10. The van der Waals surface area contributed by atoms with E-state index in [2.05, 4.69) is 21.0 Å². The first-order chi connectivity index (χ1) is 14.3. The van der Waals surface area contributed by atoms with Crippen molar-refractivity contribution >= 4 is 33.7 Å². The molecule has 2 aromatic rings. The van der Waals surface area contributed by atoms with Gasteiger partial charge in [0.05, 0.1) is 13.3 Å². The minimum atomic E-state index is -6.48. The molecular weight excluding hydrogens is 525 g/mol. The van der Waals surface area contributed by atoms with E-state index in [0.29, 0.717) is 26.7 Å². The van der Waals surface area contributed by atoms with E-state index in [1.165, 1.54) is 19.2 Å². The maximum absolute atomic E-state index is 13.4. The summed E-state index contributed by atoms with van der Waals surface area (Å²) in [5, 5.41) is 3.29. The minimum Gasteiger partial charge on any atom is -0.493 e. The lowest BCUT2D eigenvalue weighted by molar-refractivity contribution is -0.361. The number of hydrogen-bond donors (Lipinski definition) is 1. The van der Waals surface area contributed by atoms with Gasteiger partial charge in [-0.15, -0.1) is 0 Å². The highest BCUT2D eigenvalue weighted by Gasteiger charge is 2.73. The molecule has 31 heavy (non-hydrogen) atoms. The van der Waals surface area contributed by atoms with Gasteiger partial charge in [-0.2, -0.15) is 35.8 Å². The molecule has 13 heteroatoms. The smallest absolute Gasteiger partial charge is 0.462 e. The number of methoxy groups -OCH3 is 1. The lowest BCUT2D eigenvalue weighted by atomic mass is 10.2. The zero-order valence-electron chi connectivity index (χ0n) is 15.4. The van der Waals surface area contributed by atoms with Gasteiger partial charge in [0.15, 0.2) is 11.5 Å². The van der Waals surface area contributed by atoms with Crippen molar-refractivity contribution in [2.45, 2.75) is 24.8 Å². The molecule has 0 saturated heterocycles. The van der Waals surface area contributed by atoms with E-state index < -0.39 is 18.1 Å². The van der Waals surface area contributed by atoms with E-state index >= 15 is 0 Å². The standard InChI is InChI=1S/C18H13BrClF7N2O2/c1-30-14-7-12(19)6-11(15(14)31-9-10-3-2-4-13(20)5-10)8-28-29-18(26,27)16(21,22)17(23,24)25/h2-8,29H,9H2,1H3/b28-8-. The Balaban J connectivity index is 2.30. The molecule has 2 rings (SSSR count). The first-order valence-electron chi connectivity index (χ1n) is 8.16. The summed E-state index contributed by atoms with van der Waals surface area (Å²) in [6.07, 6.45) is -5.88. The van der Waals surface area contributed by atoms with Crippen molar-refractivity contribution in [1.29, 1.82) is 0 Å². The average Bonchev–Trinajstić information content (AvgIpc) is 2.65. The summed E-state index contributed by atoms with van der Waals surface area (Å²) in [5.41, 5.74) is 1.14. The molecule has 0 spiro atoms. The van der Waals surface area contributed by atoms with Crippen molar-refractivity contribution in [1.82, 2.24) is 5.43 Å². The van der Waals surface area contributed by atoms with Gasteiger partial charge in [-0.25, -0.2) is 5.43 Å². The first kappa shape index (κ1) is 25.1. The topological polar surface area (TPSA) is 42.8 Å². The zero-order valence-corrected chi connectivity index (χ0v) is 17.8. The number of benzene rings is 2. The second kappa shape index (κ2) is 9.51. The van der Waals surface area contributed by atoms with Gasteiger partial charge in [0, 0.05) is 15.1 Å². The van der Waals surface area contributed by atoms with Crippen LogP contribution in [-0.4, -0.2) is 31.5 Å². The van der Waals surface area contributed by atoms with Gasteiger partial charge >= 0.3 is 18.1 Å². The van der Waals surface area contributed by atoms with Crippen LogP contribution in [0.2, 0.25) is 5.02 Å². The summed E-state index contributed by atoms with van der Waals surface area (Å²) in [7, 11) is 1.28. The molecular formula is C18H13BrClF7N2O2. The second-order valence-electron chi connectivity index (χ2n) is 5.96. The van der Waals surface area contributed by atoms with Gasteiger partial charge in [-0.05, 0) is 29.8 Å². The first-order valence-corrected chi connectivity index (χ1v) is 9.33. The summed E-state index contributed by atoms with van der Waals surface area (Å²) in [6.45, 7) is -0.0465. The summed E-state index contributed by atoms with van der Waals surface area (Å²) in [4.78, 5) is 0. The molecule has 0 aliphatic carbocycles. The molecule has 0 aliphatic rings. The fraction of sp³-hybridized carbons (Fsp3) is 0.278. The van der Waals surface area contributed by atoms with Crippen LogP contribution < -0.4 is 14.9 Å². The predicted molar refractivity (Wildman–Crippen MR) is 103 cm³/mol. The number of hydrazone groups is 1. The molecule has 0 bridgehead atoms. The number of rotatable bonds is 8. The van der Waals surface area contributed by atoms with Crippen molar-refractivity contribution in [3.63, 3.8) is 0 Å². The van der Waals surface area contributed by atoms with E-state index in [1.807, 2.05) is 0 Å². The minimum absolute atomic E-state index is 0.0258. The number of halogens is 9. The third-order valence-corrected chi connectivity index (χ3v) is 4.39. The average molecular weight is 538 g/mol. The molecule has 170 valence electrons. The summed E-state index contributed by atoms with van der Waals surface area (Å²) in [6, 6.07) is 3.65. The lowest BCUT2D eigenvalue weighted by Crippen LogP contribution is -2.58. The van der Waals surface area contributed by atoms with Crippen LogP contribution in [0.25, 0.3) is 0 Å². The predicted octanol–water partition coefficient (Wildman–Crippen LogP) is 6.40. The van der Waals surface area contributed by atoms with Gasteiger partial charge in [-0.3, -0.25) is 0 Å². The molecule has 2 aromatic carbocycles. The normalized spacial score (nSPS) is 12.8. The summed E-state index contributed by atoms with van der Waals surface area (Å²) in [5.74, 6) is -6.26. The monoisotopic (exact) mass is 536 g/mol. The van der Waals surface area contributed by atoms with E-state index in [0.717, 1.165) is 0 Å². The fourth-order valence-corrected chi connectivity index (χ4v) is 2.87. The van der Waals surface area contributed by atoms with Crippen molar-refractivity contribution in [2.24, 2.45) is 5.10 Å². The van der Waals surface area contributed by atoms with E-state index in [-0.39, 0.29) is 23.7 Å². The van der Waals surface area contributed by atoms with Crippen LogP contribution >= 0.6 is 27.5 Å². The van der Waals surface area contributed by atoms with Crippen LogP contribution in [-0.2, 0) is 6.61 Å². The Morgan fingerprint density at radius 1 is 1.10 bits per heavy atom. The molecule has 0 radical (unpaired) electrons. The Kier molecular flexibility index (Phi) is 7.69. The van der Waals surface area contributed by atoms with Crippen LogP contribution in [0.3, 0.4) is 0 Å². The molecule has 0 unspecified atom stereocenters. The maximum atomic E-state index is 13.4. The van der Waals surface area contributed by atoms with Gasteiger partial charge in [-0.1, -0.05) is 39.7 Å². The zero-order chi connectivity index (χ0) is 23.4. The molecule has 0 fully saturated rings. The fourth-order valence-electron chi connectivity index (χ4n) is 2.20. The number of hydrogen-bond acceptors (Lipinski definition) is 4. The van der Waals surface area contributed by atoms with Gasteiger partial charge in [0.2, 0.25) is 0 Å². The van der Waals surface area contributed by atoms with Crippen LogP contribution in [0.1, 0.15) is 11.1 Å². The third-order valence-electron chi connectivity index (χ3n) is 3.70. The van der Waals surface area contributed by atoms with Crippen LogP contribution in [0, 0.1) is 0 Å². The highest BCUT2D eigenvalue weighted by atomic mass is 79.9. The number of ether oxygens (including phenoxy) is 2. The van der Waals surface area contributed by atoms with E-state index in [4.69, 9.17) is 21.1 Å². The Labute approximate surface area is 185 Å². The quantitative estimate of drug-likeness (QED) is 0.183. The molecule has 0 atom stereocenters. The van der Waals surface area contributed by atoms with E-state index in [9.17, 15) is 30.7 Å². The Bertz CT molecular complexity index is 955. The molecule has 0 amide bonds. The molecule has 1 N–H and O–H groups in total. The maximum Gasteiger partial charge on any atom is 0.462 e. The van der Waals surface area contributed by atoms with Gasteiger partial charge < -0.3 is 9.47 Å². The molecule has 0 aliphatic heterocycles. The van der Waals surface area contributed by atoms with Crippen molar-refractivity contribution in [2.75, 3.05) is 7.11 Å². The number of nitrogens with one attached hydrogen (secondary N) is 1. The largest absolute Gasteiger partial charge is 0.493 e. The van der Waals surface area contributed by atoms with Crippen LogP contribution in [0.15, 0.2) is 46.0 Å². The van der Waals surface area contributed by atoms with Gasteiger partial charge in [0.1, 0.15) is 6.61 Å². The molecule has 0 heterocycles. The molecule has 0 saturated carbocycles. The number of alkyl halides is 7. The van der Waals surface area contributed by atoms with Crippen LogP contribution in [0.4, 0.5) is 30.7 Å². The Morgan fingerprint density at radius 2 is 1.77 bits per heavy atom. The van der Waals surface area contributed by atoms with Crippen LogP contribution in [0.5, 0.6) is 11.5 Å². The second-order valence-corrected chi connectivity index (χ2v) is 7.31. The van der Waals surface area contributed by atoms with Crippen molar-refractivity contribution in [3.05, 3.63) is 57.0 Å². The third kappa shape index (κ3) is 5.94. The number of nitrogens with zero attached hydrogens (tertiary/aromatic N) is 1. The van der Waals surface area contributed by atoms with Gasteiger partial charge in [0.25, 0.3) is 0 Å². The Hall–Kier alpha value is -2.21. The van der Waals surface area contributed by atoms with E-state index in [1.54, 1.807) is 24.3 Å². The van der Waals surface area contributed by atoms with Crippen molar-refractivity contribution in [3.8, 4) is 11.5 Å². The summed E-state index contributed by atoms with van der Waals surface area (Å²) < 4.78 is 100. The lowest BCUT2D eigenvalue weighted by Gasteiger charge is -2.27. The van der Waals surface area contributed by atoms with Crippen molar-refractivity contribution < 1.29 is 40.2 Å².